The molecular formula is C21H19N3O2. The average molecular weight is 345 g/mol. The number of amides is 1. The van der Waals surface area contributed by atoms with Gasteiger partial charge in [-0.2, -0.15) is 5.26 Å². The number of hydrogen-bond donors (Lipinski definition) is 1. The molecule has 130 valence electrons. The third kappa shape index (κ3) is 3.93. The van der Waals surface area contributed by atoms with E-state index < -0.39 is 0 Å². The van der Waals surface area contributed by atoms with E-state index in [0.29, 0.717) is 23.5 Å². The summed E-state index contributed by atoms with van der Waals surface area (Å²) < 4.78 is 7.49. The van der Waals surface area contributed by atoms with Crippen LogP contribution in [-0.4, -0.2) is 10.6 Å². The van der Waals surface area contributed by atoms with Gasteiger partial charge in [-0.15, -0.1) is 0 Å². The molecule has 0 radical (unpaired) electrons. The molecule has 1 N–H and O–H groups in total. The van der Waals surface area contributed by atoms with Crippen molar-refractivity contribution in [1.82, 2.24) is 4.68 Å². The van der Waals surface area contributed by atoms with E-state index in [-0.39, 0.29) is 5.91 Å². The molecule has 5 heteroatoms. The van der Waals surface area contributed by atoms with Crippen LogP contribution >= 0.6 is 0 Å². The van der Waals surface area contributed by atoms with Crippen molar-refractivity contribution in [2.24, 2.45) is 0 Å². The van der Waals surface area contributed by atoms with E-state index in [4.69, 9.17) is 10.00 Å². The molecule has 1 amide bonds. The maximum absolute atomic E-state index is 12.4. The Labute approximate surface area is 152 Å². The second-order valence-electron chi connectivity index (χ2n) is 6.01. The van der Waals surface area contributed by atoms with Crippen molar-refractivity contribution >= 4 is 5.91 Å². The molecular weight excluding hydrogens is 326 g/mol. The van der Waals surface area contributed by atoms with Crippen LogP contribution in [0.5, 0.6) is 5.75 Å². The Morgan fingerprint density at radius 2 is 1.62 bits per heavy atom. The van der Waals surface area contributed by atoms with Gasteiger partial charge in [0.15, 0.2) is 0 Å². The number of nitriles is 1. The van der Waals surface area contributed by atoms with Crippen LogP contribution < -0.4 is 10.2 Å². The molecule has 0 aliphatic rings. The first-order chi connectivity index (χ1) is 12.6. The Balaban J connectivity index is 1.60. The number of nitrogens with zero attached hydrogens (tertiary/aromatic N) is 2. The van der Waals surface area contributed by atoms with Crippen LogP contribution in [0.3, 0.4) is 0 Å². The van der Waals surface area contributed by atoms with Gasteiger partial charge in [0, 0.05) is 17.0 Å². The van der Waals surface area contributed by atoms with Gasteiger partial charge in [-0.3, -0.25) is 14.9 Å². The minimum atomic E-state index is -0.175. The summed E-state index contributed by atoms with van der Waals surface area (Å²) in [6.07, 6.45) is 0. The molecule has 1 heterocycles. The monoisotopic (exact) mass is 345 g/mol. The fourth-order valence-electron chi connectivity index (χ4n) is 2.56. The minimum absolute atomic E-state index is 0.175. The van der Waals surface area contributed by atoms with Crippen molar-refractivity contribution in [2.45, 2.75) is 20.5 Å². The predicted octanol–water partition coefficient (Wildman–Crippen LogP) is 3.94. The predicted molar refractivity (Wildman–Crippen MR) is 99.5 cm³/mol. The maximum Gasteiger partial charge on any atom is 0.270 e. The van der Waals surface area contributed by atoms with Crippen LogP contribution in [0, 0.1) is 25.2 Å². The van der Waals surface area contributed by atoms with Gasteiger partial charge < -0.3 is 4.74 Å². The van der Waals surface area contributed by atoms with E-state index >= 15 is 0 Å². The topological polar surface area (TPSA) is 67.1 Å². The van der Waals surface area contributed by atoms with E-state index in [1.54, 1.807) is 41.1 Å². The Kier molecular flexibility index (Phi) is 5.04. The second-order valence-corrected chi connectivity index (χ2v) is 6.01. The van der Waals surface area contributed by atoms with Crippen LogP contribution in [0.2, 0.25) is 0 Å². The lowest BCUT2D eigenvalue weighted by Crippen LogP contribution is -2.24. The van der Waals surface area contributed by atoms with Crippen molar-refractivity contribution in [3.05, 3.63) is 88.7 Å². The summed E-state index contributed by atoms with van der Waals surface area (Å²) in [4.78, 5) is 12.4. The highest BCUT2D eigenvalue weighted by Gasteiger charge is 2.09. The Morgan fingerprint density at radius 3 is 2.19 bits per heavy atom. The molecule has 0 aliphatic heterocycles. The van der Waals surface area contributed by atoms with Gasteiger partial charge in [0.05, 0.1) is 11.6 Å². The quantitative estimate of drug-likeness (QED) is 0.761. The molecule has 2 aromatic carbocycles. The normalized spacial score (nSPS) is 10.2. The number of aryl methyl sites for hydroxylation is 2. The van der Waals surface area contributed by atoms with E-state index in [1.165, 1.54) is 0 Å². The van der Waals surface area contributed by atoms with Gasteiger partial charge in [-0.25, -0.2) is 0 Å². The highest BCUT2D eigenvalue weighted by atomic mass is 16.5. The first-order valence-corrected chi connectivity index (χ1v) is 8.25. The third-order valence-electron chi connectivity index (χ3n) is 4.09. The zero-order valence-electron chi connectivity index (χ0n) is 14.7. The number of ether oxygens (including phenoxy) is 1. The van der Waals surface area contributed by atoms with Crippen LogP contribution in [0.15, 0.2) is 60.7 Å². The summed E-state index contributed by atoms with van der Waals surface area (Å²) in [6, 6.07) is 20.3. The number of nitrogens with one attached hydrogen (secondary N) is 1. The van der Waals surface area contributed by atoms with Crippen LogP contribution in [0.1, 0.15) is 32.9 Å². The number of hydrogen-bond acceptors (Lipinski definition) is 3. The van der Waals surface area contributed by atoms with Crippen molar-refractivity contribution in [3.63, 3.8) is 0 Å². The average Bonchev–Trinajstić information content (AvgIpc) is 2.99. The number of benzene rings is 2. The van der Waals surface area contributed by atoms with Gasteiger partial charge in [0.25, 0.3) is 5.91 Å². The first-order valence-electron chi connectivity index (χ1n) is 8.25. The lowest BCUT2D eigenvalue weighted by Gasteiger charge is -2.12. The molecule has 0 aliphatic carbocycles. The van der Waals surface area contributed by atoms with Crippen molar-refractivity contribution in [2.75, 3.05) is 5.43 Å². The van der Waals surface area contributed by atoms with Crippen molar-refractivity contribution in [1.29, 1.82) is 5.26 Å². The van der Waals surface area contributed by atoms with Gasteiger partial charge in [-0.1, -0.05) is 12.1 Å². The maximum atomic E-state index is 12.4. The molecule has 0 unspecified atom stereocenters. The van der Waals surface area contributed by atoms with E-state index in [1.807, 2.05) is 38.1 Å². The smallest absolute Gasteiger partial charge is 0.270 e. The first kappa shape index (κ1) is 17.3. The molecule has 3 rings (SSSR count). The molecule has 0 saturated carbocycles. The van der Waals surface area contributed by atoms with Crippen LogP contribution in [0.25, 0.3) is 0 Å². The van der Waals surface area contributed by atoms with Crippen molar-refractivity contribution < 1.29 is 9.53 Å². The van der Waals surface area contributed by atoms with E-state index in [2.05, 4.69) is 11.5 Å². The Hall–Kier alpha value is -3.52. The number of aromatic nitrogens is 1. The number of carbonyl (C=O) groups is 1. The van der Waals surface area contributed by atoms with E-state index in [0.717, 1.165) is 17.0 Å². The molecule has 0 bridgehead atoms. The summed E-state index contributed by atoms with van der Waals surface area (Å²) in [5, 5.41) is 8.80. The molecule has 3 aromatic rings. The third-order valence-corrected chi connectivity index (χ3v) is 4.09. The second kappa shape index (κ2) is 7.58. The van der Waals surface area contributed by atoms with Gasteiger partial charge in [0.1, 0.15) is 12.4 Å². The zero-order chi connectivity index (χ0) is 18.5. The van der Waals surface area contributed by atoms with Gasteiger partial charge >= 0.3 is 0 Å². The number of rotatable bonds is 5. The molecule has 0 fully saturated rings. The number of carbonyl (C=O) groups excluding carboxylic acids is 1. The lowest BCUT2D eigenvalue weighted by atomic mass is 10.1. The minimum Gasteiger partial charge on any atom is -0.489 e. The summed E-state index contributed by atoms with van der Waals surface area (Å²) in [5.74, 6) is 0.505. The molecule has 0 spiro atoms. The fourth-order valence-corrected chi connectivity index (χ4v) is 2.56. The molecule has 5 nitrogen and oxygen atoms in total. The summed E-state index contributed by atoms with van der Waals surface area (Å²) in [7, 11) is 0. The van der Waals surface area contributed by atoms with Crippen molar-refractivity contribution in [3.8, 4) is 11.8 Å². The standard InChI is InChI=1S/C21H19N3O2/c1-15-3-4-16(2)24(15)23-21(25)19-9-11-20(12-10-19)26-14-18-7-5-17(13-22)6-8-18/h3-12H,14H2,1-2H3,(H,23,25). The molecule has 0 atom stereocenters. The van der Waals surface area contributed by atoms with Crippen LogP contribution in [-0.2, 0) is 6.61 Å². The highest BCUT2D eigenvalue weighted by molar-refractivity contribution is 6.00. The fraction of sp³-hybridized carbons (Fsp3) is 0.143. The summed E-state index contributed by atoms with van der Waals surface area (Å²) >= 11 is 0. The van der Waals surface area contributed by atoms with E-state index in [9.17, 15) is 4.79 Å². The lowest BCUT2D eigenvalue weighted by molar-refractivity contribution is 0.101. The van der Waals surface area contributed by atoms with Gasteiger partial charge in [-0.05, 0) is 67.9 Å². The zero-order valence-corrected chi connectivity index (χ0v) is 14.7. The SMILES string of the molecule is Cc1ccc(C)n1NC(=O)c1ccc(OCc2ccc(C#N)cc2)cc1. The van der Waals surface area contributed by atoms with Gasteiger partial charge in [0.2, 0.25) is 0 Å². The molecule has 26 heavy (non-hydrogen) atoms. The largest absolute Gasteiger partial charge is 0.489 e. The Bertz CT molecular complexity index is 929. The highest BCUT2D eigenvalue weighted by Crippen LogP contribution is 2.15. The summed E-state index contributed by atoms with van der Waals surface area (Å²) in [5.41, 5.74) is 6.97. The Morgan fingerprint density at radius 1 is 1.00 bits per heavy atom. The summed E-state index contributed by atoms with van der Waals surface area (Å²) in [6.45, 7) is 4.28. The molecule has 1 aromatic heterocycles. The molecule has 0 saturated heterocycles. The van der Waals surface area contributed by atoms with Crippen LogP contribution in [0.4, 0.5) is 0 Å².